The van der Waals surface area contributed by atoms with Crippen molar-refractivity contribution in [2.45, 2.75) is 27.0 Å². The Kier molecular flexibility index (Phi) is 9.29. The van der Waals surface area contributed by atoms with E-state index in [2.05, 4.69) is 25.2 Å². The first kappa shape index (κ1) is 26.0. The van der Waals surface area contributed by atoms with Gasteiger partial charge in [-0.15, -0.1) is 11.3 Å². The minimum atomic E-state index is 0.339. The summed E-state index contributed by atoms with van der Waals surface area (Å²) in [6.45, 7) is 5.14. The maximum absolute atomic E-state index is 6.13. The summed E-state index contributed by atoms with van der Waals surface area (Å²) in [5.41, 5.74) is 2.35. The molecule has 4 aromatic rings. The highest BCUT2D eigenvalue weighted by atomic mass is 35.5. The third-order valence-corrected chi connectivity index (χ3v) is 6.15. The molecule has 10 heteroatoms. The second-order valence-corrected chi connectivity index (χ2v) is 9.01. The number of aromatic nitrogens is 3. The summed E-state index contributed by atoms with van der Waals surface area (Å²) in [5, 5.41) is 8.04. The number of rotatable bonds is 8. The Morgan fingerprint density at radius 2 is 1.82 bits per heavy atom. The number of hydrogen-bond donors (Lipinski definition) is 1. The lowest BCUT2D eigenvalue weighted by molar-refractivity contribution is 0.281. The van der Waals surface area contributed by atoms with E-state index < -0.39 is 0 Å². The Morgan fingerprint density at radius 3 is 2.53 bits per heavy atom. The Labute approximate surface area is 213 Å². The molecule has 7 nitrogen and oxygen atoms in total. The molecule has 4 rings (SSSR count). The van der Waals surface area contributed by atoms with Crippen LogP contribution in [0.2, 0.25) is 10.0 Å². The lowest BCUT2D eigenvalue weighted by Gasteiger charge is -2.13. The molecule has 180 valence electrons. The highest BCUT2D eigenvalue weighted by Gasteiger charge is 2.13. The van der Waals surface area contributed by atoms with Crippen molar-refractivity contribution in [3.8, 4) is 11.5 Å². The van der Waals surface area contributed by atoms with Gasteiger partial charge in [0, 0.05) is 29.1 Å². The normalized spacial score (nSPS) is 10.7. The molecule has 2 heterocycles. The van der Waals surface area contributed by atoms with Crippen molar-refractivity contribution in [3.63, 3.8) is 0 Å². The topological polar surface area (TPSA) is 72.4 Å². The van der Waals surface area contributed by atoms with Crippen LogP contribution in [0.3, 0.4) is 0 Å². The molecule has 0 aliphatic rings. The first-order valence-corrected chi connectivity index (χ1v) is 12.3. The minimum Gasteiger partial charge on any atom is -0.493 e. The number of benzene rings is 2. The van der Waals surface area contributed by atoms with Crippen LogP contribution in [-0.4, -0.2) is 41.1 Å². The van der Waals surface area contributed by atoms with Gasteiger partial charge in [-0.3, -0.25) is 0 Å². The Morgan fingerprint density at radius 1 is 1.03 bits per heavy atom. The van der Waals surface area contributed by atoms with Gasteiger partial charge in [0.2, 0.25) is 0 Å². The summed E-state index contributed by atoms with van der Waals surface area (Å²) in [6.07, 6.45) is 1.49. The van der Waals surface area contributed by atoms with Gasteiger partial charge in [-0.2, -0.15) is 0 Å². The standard InChI is InChI=1S/C22H21Cl2N5O2S.C2H6/c1-29(2)9-21-27-14(11-32-21)10-31-20-8-18-15(7-19(20)30-3)22(26-12-25-18)28-13-4-5-16(23)17(24)6-13;1-2/h4-8,11-12H,9-10H2,1-3H3,(H,25,26,28);1-2H3. The highest BCUT2D eigenvalue weighted by molar-refractivity contribution is 7.09. The van der Waals surface area contributed by atoms with Gasteiger partial charge in [-0.1, -0.05) is 37.0 Å². The predicted molar refractivity (Wildman–Crippen MR) is 141 cm³/mol. The smallest absolute Gasteiger partial charge is 0.163 e. The first-order valence-electron chi connectivity index (χ1n) is 10.7. The number of thiazole rings is 1. The molecule has 0 aliphatic carbocycles. The second kappa shape index (κ2) is 12.2. The molecule has 0 aliphatic heterocycles. The number of nitrogens with one attached hydrogen (secondary N) is 1. The molecule has 1 N–H and O–H groups in total. The predicted octanol–water partition coefficient (Wildman–Crippen LogP) is 6.81. The SMILES string of the molecule is CC.COc1cc2c(Nc3ccc(Cl)c(Cl)c3)ncnc2cc1OCc1csc(CN(C)C)n1. The van der Waals surface area contributed by atoms with E-state index in [-0.39, 0.29) is 0 Å². The number of methoxy groups -OCH3 is 1. The van der Waals surface area contributed by atoms with Gasteiger partial charge in [-0.25, -0.2) is 15.0 Å². The Bertz CT molecular complexity index is 1250. The van der Waals surface area contributed by atoms with Gasteiger partial charge in [0.25, 0.3) is 0 Å². The van der Waals surface area contributed by atoms with Crippen molar-refractivity contribution in [1.82, 2.24) is 19.9 Å². The van der Waals surface area contributed by atoms with E-state index in [9.17, 15) is 0 Å². The largest absolute Gasteiger partial charge is 0.493 e. The van der Waals surface area contributed by atoms with Gasteiger partial charge in [0.05, 0.1) is 28.4 Å². The Balaban J connectivity index is 0.00000158. The monoisotopic (exact) mass is 519 g/mol. The molecule has 34 heavy (non-hydrogen) atoms. The van der Waals surface area contributed by atoms with Crippen LogP contribution in [0, 0.1) is 0 Å². The zero-order chi connectivity index (χ0) is 24.7. The minimum absolute atomic E-state index is 0.339. The van der Waals surface area contributed by atoms with Gasteiger partial charge >= 0.3 is 0 Å². The number of fused-ring (bicyclic) bond motifs is 1. The van der Waals surface area contributed by atoms with Crippen LogP contribution in [0.25, 0.3) is 10.9 Å². The number of nitrogens with zero attached hydrogens (tertiary/aromatic N) is 4. The van der Waals surface area contributed by atoms with Crippen molar-refractivity contribution >= 4 is 56.9 Å². The van der Waals surface area contributed by atoms with E-state index in [0.29, 0.717) is 39.5 Å². The summed E-state index contributed by atoms with van der Waals surface area (Å²) >= 11 is 13.8. The molecular weight excluding hydrogens is 493 g/mol. The summed E-state index contributed by atoms with van der Waals surface area (Å²) < 4.78 is 11.6. The lowest BCUT2D eigenvalue weighted by Crippen LogP contribution is -2.10. The molecule has 0 atom stereocenters. The van der Waals surface area contributed by atoms with Crippen molar-refractivity contribution in [3.05, 3.63) is 62.8 Å². The van der Waals surface area contributed by atoms with E-state index in [4.69, 9.17) is 32.7 Å². The van der Waals surface area contributed by atoms with Crippen molar-refractivity contribution in [2.24, 2.45) is 0 Å². The van der Waals surface area contributed by atoms with E-state index in [1.54, 1.807) is 30.6 Å². The maximum atomic E-state index is 6.13. The molecule has 0 saturated heterocycles. The fraction of sp³-hybridized carbons (Fsp3) is 0.292. The summed E-state index contributed by atoms with van der Waals surface area (Å²) in [4.78, 5) is 15.5. The van der Waals surface area contributed by atoms with Gasteiger partial charge in [-0.05, 0) is 38.4 Å². The summed E-state index contributed by atoms with van der Waals surface area (Å²) in [6, 6.07) is 8.98. The third kappa shape index (κ3) is 6.48. The molecule has 0 fully saturated rings. The highest BCUT2D eigenvalue weighted by Crippen LogP contribution is 2.36. The van der Waals surface area contributed by atoms with Gasteiger partial charge < -0.3 is 19.7 Å². The van der Waals surface area contributed by atoms with Crippen LogP contribution in [0.1, 0.15) is 24.5 Å². The van der Waals surface area contributed by atoms with E-state index in [1.807, 2.05) is 51.5 Å². The lowest BCUT2D eigenvalue weighted by atomic mass is 10.2. The number of hydrogen-bond acceptors (Lipinski definition) is 8. The van der Waals surface area contributed by atoms with Crippen molar-refractivity contribution < 1.29 is 9.47 Å². The Hall–Kier alpha value is -2.65. The third-order valence-electron chi connectivity index (χ3n) is 4.53. The maximum Gasteiger partial charge on any atom is 0.163 e. The number of anilines is 2. The number of ether oxygens (including phenoxy) is 2. The molecule has 0 saturated carbocycles. The van der Waals surface area contributed by atoms with Gasteiger partial charge in [0.15, 0.2) is 11.5 Å². The average molecular weight is 520 g/mol. The van der Waals surface area contributed by atoms with E-state index in [1.165, 1.54) is 6.33 Å². The van der Waals surface area contributed by atoms with Crippen LogP contribution in [0.4, 0.5) is 11.5 Å². The van der Waals surface area contributed by atoms with Crippen molar-refractivity contribution in [2.75, 3.05) is 26.5 Å². The van der Waals surface area contributed by atoms with E-state index >= 15 is 0 Å². The molecule has 0 bridgehead atoms. The van der Waals surface area contributed by atoms with Crippen LogP contribution >= 0.6 is 34.5 Å². The van der Waals surface area contributed by atoms with E-state index in [0.717, 1.165) is 28.3 Å². The first-order chi connectivity index (χ1) is 16.4. The molecular formula is C24H27Cl2N5O2S. The fourth-order valence-corrected chi connectivity index (χ4v) is 4.25. The zero-order valence-electron chi connectivity index (χ0n) is 19.7. The summed E-state index contributed by atoms with van der Waals surface area (Å²) in [7, 11) is 5.63. The van der Waals surface area contributed by atoms with Crippen LogP contribution in [-0.2, 0) is 13.2 Å². The van der Waals surface area contributed by atoms with Crippen LogP contribution in [0.5, 0.6) is 11.5 Å². The molecule has 2 aromatic carbocycles. The quantitative estimate of drug-likeness (QED) is 0.274. The van der Waals surface area contributed by atoms with Crippen molar-refractivity contribution in [1.29, 1.82) is 0 Å². The average Bonchev–Trinajstić information content (AvgIpc) is 3.27. The zero-order valence-corrected chi connectivity index (χ0v) is 22.1. The molecule has 0 amide bonds. The molecule has 0 unspecified atom stereocenters. The number of halogens is 2. The molecule has 0 spiro atoms. The van der Waals surface area contributed by atoms with Gasteiger partial charge in [0.1, 0.15) is 23.8 Å². The van der Waals surface area contributed by atoms with Crippen LogP contribution in [0.15, 0.2) is 42.0 Å². The molecule has 0 radical (unpaired) electrons. The summed E-state index contributed by atoms with van der Waals surface area (Å²) in [5.74, 6) is 1.78. The van der Waals surface area contributed by atoms with Crippen LogP contribution < -0.4 is 14.8 Å². The fourth-order valence-electron chi connectivity index (χ4n) is 3.06. The molecule has 2 aromatic heterocycles. The second-order valence-electron chi connectivity index (χ2n) is 7.26.